The highest BCUT2D eigenvalue weighted by molar-refractivity contribution is 6.32. The van der Waals surface area contributed by atoms with Gasteiger partial charge >= 0.3 is 23.9 Å². The van der Waals surface area contributed by atoms with E-state index in [1.165, 1.54) is 24.3 Å². The van der Waals surface area contributed by atoms with Crippen LogP contribution in [0.2, 0.25) is 0 Å². The Bertz CT molecular complexity index is 1950. The molecule has 0 heterocycles. The third-order valence-corrected chi connectivity index (χ3v) is 7.63. The van der Waals surface area contributed by atoms with Crippen LogP contribution in [0.5, 0.6) is 0 Å². The van der Waals surface area contributed by atoms with Gasteiger partial charge in [0.2, 0.25) is 0 Å². The van der Waals surface area contributed by atoms with E-state index in [-0.39, 0.29) is 59.8 Å². The number of ketones is 2. The second kappa shape index (κ2) is 17.2. The van der Waals surface area contributed by atoms with E-state index in [1.54, 1.807) is 98.8 Å². The largest absolute Gasteiger partial charge is 0.459 e. The second-order valence-corrected chi connectivity index (χ2v) is 11.1. The Labute approximate surface area is 299 Å². The molecule has 0 unspecified atom stereocenters. The maximum atomic E-state index is 14.1. The van der Waals surface area contributed by atoms with Gasteiger partial charge in [-0.25, -0.2) is 19.2 Å². The van der Waals surface area contributed by atoms with E-state index < -0.39 is 35.4 Å². The quantitative estimate of drug-likeness (QED) is 0.0560. The van der Waals surface area contributed by atoms with Crippen molar-refractivity contribution in [3.8, 4) is 0 Å². The highest BCUT2D eigenvalue weighted by Crippen LogP contribution is 2.38. The predicted octanol–water partition coefficient (Wildman–Crippen LogP) is 6.50. The third kappa shape index (κ3) is 8.48. The number of esters is 4. The zero-order valence-electron chi connectivity index (χ0n) is 28.3. The normalized spacial score (nSPS) is 11.8. The van der Waals surface area contributed by atoms with Crippen molar-refractivity contribution < 1.29 is 47.7 Å². The van der Waals surface area contributed by atoms with E-state index in [2.05, 4.69) is 10.6 Å². The molecule has 0 saturated heterocycles. The molecule has 12 nitrogen and oxygen atoms in total. The summed E-state index contributed by atoms with van der Waals surface area (Å²) >= 11 is 0. The van der Waals surface area contributed by atoms with Crippen molar-refractivity contribution in [2.75, 3.05) is 37.1 Å². The molecule has 2 N–H and O–H groups in total. The van der Waals surface area contributed by atoms with Crippen LogP contribution in [0.15, 0.2) is 109 Å². The van der Waals surface area contributed by atoms with Crippen LogP contribution in [0.1, 0.15) is 66.4 Å². The molecule has 0 bridgehead atoms. The summed E-state index contributed by atoms with van der Waals surface area (Å²) in [6.07, 6.45) is 5.57. The van der Waals surface area contributed by atoms with Crippen LogP contribution in [-0.2, 0) is 28.5 Å². The second-order valence-electron chi connectivity index (χ2n) is 11.1. The van der Waals surface area contributed by atoms with Gasteiger partial charge in [0.15, 0.2) is 11.6 Å². The Morgan fingerprint density at radius 3 is 1.27 bits per heavy atom. The predicted molar refractivity (Wildman–Crippen MR) is 191 cm³/mol. The fourth-order valence-corrected chi connectivity index (χ4v) is 5.36. The smallest absolute Gasteiger partial charge is 0.340 e. The molecule has 0 atom stereocenters. The van der Waals surface area contributed by atoms with Gasteiger partial charge in [-0.1, -0.05) is 60.7 Å². The van der Waals surface area contributed by atoms with Gasteiger partial charge in [-0.3, -0.25) is 9.59 Å². The van der Waals surface area contributed by atoms with E-state index in [9.17, 15) is 28.8 Å². The lowest BCUT2D eigenvalue weighted by Crippen LogP contribution is -2.23. The molecule has 5 rings (SSSR count). The summed E-state index contributed by atoms with van der Waals surface area (Å²) < 4.78 is 20.5. The number of carbonyl (C=O) groups excluding carboxylic acids is 6. The summed E-state index contributed by atoms with van der Waals surface area (Å²) in [5.41, 5.74) is 2.09. The molecule has 1 aliphatic rings. The summed E-state index contributed by atoms with van der Waals surface area (Å²) in [5, 5.41) is 6.26. The SMILES string of the molecule is C/C=C/C(=O)OCCOC(=O)c1ccccc1Nc1cccc2c1C(=O)c1cccc(Nc3ccccc3C(=O)OCCOC(=O)/C=C/C)c1C2=O. The number of hydrogen-bond donors (Lipinski definition) is 2. The number of benzene rings is 4. The number of anilines is 4. The molecule has 0 aromatic heterocycles. The Hall–Kier alpha value is -6.82. The Morgan fingerprint density at radius 1 is 0.500 bits per heavy atom. The first-order chi connectivity index (χ1) is 25.2. The molecule has 1 aliphatic carbocycles. The number of rotatable bonds is 14. The standard InChI is InChI=1S/C40H34N2O10/c1-3-11-33(43)49-21-23-51-39(47)25-13-5-7-17-29(25)41-31-19-9-15-27-35(31)37(45)28-16-10-20-32(36(28)38(27)46)42-30-18-8-6-14-26(30)40(48)52-24-22-50-34(44)12-4-2/h3-20,41-42H,21-24H2,1-2H3/b11-3+,12-4+. The third-order valence-electron chi connectivity index (χ3n) is 7.63. The van der Waals surface area contributed by atoms with Crippen LogP contribution in [0, 0.1) is 0 Å². The summed E-state index contributed by atoms with van der Waals surface area (Å²) in [5.74, 6) is -3.34. The lowest BCUT2D eigenvalue weighted by Gasteiger charge is -2.24. The first-order valence-corrected chi connectivity index (χ1v) is 16.2. The number of ether oxygens (including phenoxy) is 4. The number of allylic oxidation sites excluding steroid dienone is 2. The van der Waals surface area contributed by atoms with E-state index in [0.717, 1.165) is 0 Å². The molecule has 4 aromatic rings. The number of nitrogens with one attached hydrogen (secondary N) is 2. The minimum absolute atomic E-state index is 0.121. The topological polar surface area (TPSA) is 163 Å². The van der Waals surface area contributed by atoms with Gasteiger partial charge in [0.1, 0.15) is 26.4 Å². The highest BCUT2D eigenvalue weighted by Gasteiger charge is 2.34. The Balaban J connectivity index is 1.35. The monoisotopic (exact) mass is 702 g/mol. The Morgan fingerprint density at radius 2 is 0.865 bits per heavy atom. The van der Waals surface area contributed by atoms with Crippen LogP contribution >= 0.6 is 0 Å². The summed E-state index contributed by atoms with van der Waals surface area (Å²) in [6.45, 7) is 2.75. The molecule has 0 aliphatic heterocycles. The molecular weight excluding hydrogens is 668 g/mol. The van der Waals surface area contributed by atoms with Gasteiger partial charge in [-0.05, 0) is 50.2 Å². The Kier molecular flexibility index (Phi) is 12.1. The van der Waals surface area contributed by atoms with E-state index >= 15 is 0 Å². The molecule has 0 spiro atoms. The van der Waals surface area contributed by atoms with Crippen molar-refractivity contribution in [2.24, 2.45) is 0 Å². The number of hydrogen-bond acceptors (Lipinski definition) is 12. The minimum atomic E-state index is -0.685. The van der Waals surface area contributed by atoms with E-state index in [1.807, 2.05) is 0 Å². The highest BCUT2D eigenvalue weighted by atomic mass is 16.6. The van der Waals surface area contributed by atoms with Gasteiger partial charge in [-0.2, -0.15) is 0 Å². The van der Waals surface area contributed by atoms with E-state index in [0.29, 0.717) is 22.7 Å². The molecule has 0 saturated carbocycles. The van der Waals surface area contributed by atoms with Gasteiger partial charge < -0.3 is 29.6 Å². The maximum absolute atomic E-state index is 14.1. The first-order valence-electron chi connectivity index (χ1n) is 16.2. The molecule has 0 radical (unpaired) electrons. The average Bonchev–Trinajstić information content (AvgIpc) is 3.14. The van der Waals surface area contributed by atoms with Crippen LogP contribution < -0.4 is 10.6 Å². The minimum Gasteiger partial charge on any atom is -0.459 e. The fraction of sp³-hybridized carbons (Fsp3) is 0.150. The van der Waals surface area contributed by atoms with Gasteiger partial charge in [-0.15, -0.1) is 0 Å². The van der Waals surface area contributed by atoms with Crippen LogP contribution in [0.4, 0.5) is 22.7 Å². The number of carbonyl (C=O) groups is 6. The van der Waals surface area contributed by atoms with Crippen molar-refractivity contribution in [1.82, 2.24) is 0 Å². The van der Waals surface area contributed by atoms with Gasteiger partial charge in [0.25, 0.3) is 0 Å². The number of fused-ring (bicyclic) bond motifs is 2. The van der Waals surface area contributed by atoms with E-state index in [4.69, 9.17) is 18.9 Å². The van der Waals surface area contributed by atoms with Crippen molar-refractivity contribution >= 4 is 58.2 Å². The van der Waals surface area contributed by atoms with Crippen LogP contribution in [0.3, 0.4) is 0 Å². The molecular formula is C40H34N2O10. The van der Waals surface area contributed by atoms with Crippen molar-refractivity contribution in [3.63, 3.8) is 0 Å². The summed E-state index contributed by atoms with van der Waals surface area (Å²) in [4.78, 5) is 77.2. The lowest BCUT2D eigenvalue weighted by molar-refractivity contribution is -0.139. The van der Waals surface area contributed by atoms with Crippen molar-refractivity contribution in [1.29, 1.82) is 0 Å². The maximum Gasteiger partial charge on any atom is 0.340 e. The summed E-state index contributed by atoms with van der Waals surface area (Å²) in [7, 11) is 0. The zero-order chi connectivity index (χ0) is 37.0. The molecule has 0 fully saturated rings. The summed E-state index contributed by atoms with van der Waals surface area (Å²) in [6, 6.07) is 22.6. The van der Waals surface area contributed by atoms with Crippen LogP contribution in [0.25, 0.3) is 0 Å². The van der Waals surface area contributed by atoms with Crippen LogP contribution in [-0.4, -0.2) is 61.9 Å². The van der Waals surface area contributed by atoms with Crippen molar-refractivity contribution in [3.05, 3.63) is 143 Å². The molecule has 12 heteroatoms. The molecule has 4 aromatic carbocycles. The lowest BCUT2D eigenvalue weighted by atomic mass is 9.82. The molecule has 52 heavy (non-hydrogen) atoms. The van der Waals surface area contributed by atoms with Gasteiger partial charge in [0.05, 0.1) is 45.0 Å². The fourth-order valence-electron chi connectivity index (χ4n) is 5.36. The first kappa shape index (κ1) is 36.5. The van der Waals surface area contributed by atoms with Gasteiger partial charge in [0, 0.05) is 23.3 Å². The molecule has 264 valence electrons. The zero-order valence-corrected chi connectivity index (χ0v) is 28.3. The molecule has 0 amide bonds. The average molecular weight is 703 g/mol. The number of para-hydroxylation sites is 2. The van der Waals surface area contributed by atoms with Crippen molar-refractivity contribution in [2.45, 2.75) is 13.8 Å².